The quantitative estimate of drug-likeness (QED) is 0.402. The van der Waals surface area contributed by atoms with Crippen LogP contribution in [0.1, 0.15) is 36.8 Å². The van der Waals surface area contributed by atoms with Crippen LogP contribution in [0.3, 0.4) is 0 Å². The number of hydrogen-bond donors (Lipinski definition) is 4. The molecule has 2 amide bonds. The van der Waals surface area contributed by atoms with Gasteiger partial charge in [0.2, 0.25) is 15.9 Å². The highest BCUT2D eigenvalue weighted by Crippen LogP contribution is 2.17. The first-order valence-corrected chi connectivity index (χ1v) is 11.8. The summed E-state index contributed by atoms with van der Waals surface area (Å²) in [5, 5.41) is 11.8. The standard InChI is InChI=1S/C23H27N5O4S/c1-23(2,3)28-33(31,32)18-11-9-17(10-12-18)25-22(30)20(15-16-7-5-4-6-8-16)26-21(29)19-13-14-24-27-19/h4-14,20,28H,15H2,1-3H3,(H,24,27)(H,25,30)(H,26,29)/t20-/m0/s1. The zero-order chi connectivity index (χ0) is 24.1. The number of hydrogen-bond acceptors (Lipinski definition) is 5. The minimum atomic E-state index is -3.69. The summed E-state index contributed by atoms with van der Waals surface area (Å²) in [6, 6.07) is 15.8. The number of benzene rings is 2. The van der Waals surface area contributed by atoms with Gasteiger partial charge in [-0.25, -0.2) is 13.1 Å². The minimum absolute atomic E-state index is 0.0869. The smallest absolute Gasteiger partial charge is 0.269 e. The molecule has 0 aliphatic carbocycles. The van der Waals surface area contributed by atoms with E-state index in [-0.39, 0.29) is 17.0 Å². The van der Waals surface area contributed by atoms with Gasteiger partial charge in [-0.1, -0.05) is 30.3 Å². The Morgan fingerprint density at radius 3 is 2.24 bits per heavy atom. The normalized spacial score (nSPS) is 12.7. The molecule has 0 radical (unpaired) electrons. The third-order valence-corrected chi connectivity index (χ3v) is 6.30. The fourth-order valence-corrected chi connectivity index (χ4v) is 4.50. The highest BCUT2D eigenvalue weighted by atomic mass is 32.2. The van der Waals surface area contributed by atoms with Crippen molar-refractivity contribution in [1.29, 1.82) is 0 Å². The zero-order valence-electron chi connectivity index (χ0n) is 18.6. The molecule has 0 saturated carbocycles. The zero-order valence-corrected chi connectivity index (χ0v) is 19.4. The van der Waals surface area contributed by atoms with Crippen molar-refractivity contribution in [2.24, 2.45) is 0 Å². The van der Waals surface area contributed by atoms with E-state index in [1.54, 1.807) is 20.8 Å². The first-order valence-electron chi connectivity index (χ1n) is 10.3. The van der Waals surface area contributed by atoms with Gasteiger partial charge in [-0.05, 0) is 56.7 Å². The molecule has 2 aromatic carbocycles. The maximum Gasteiger partial charge on any atom is 0.269 e. The number of carbonyl (C=O) groups excluding carboxylic acids is 2. The molecule has 0 spiro atoms. The van der Waals surface area contributed by atoms with Gasteiger partial charge in [-0.2, -0.15) is 5.10 Å². The van der Waals surface area contributed by atoms with Crippen molar-refractivity contribution in [3.05, 3.63) is 78.1 Å². The van der Waals surface area contributed by atoms with E-state index in [0.29, 0.717) is 5.69 Å². The molecular weight excluding hydrogens is 442 g/mol. The van der Waals surface area contributed by atoms with E-state index in [4.69, 9.17) is 0 Å². The third kappa shape index (κ3) is 6.99. The van der Waals surface area contributed by atoms with Crippen LogP contribution in [-0.4, -0.2) is 42.0 Å². The first kappa shape index (κ1) is 24.1. The lowest BCUT2D eigenvalue weighted by molar-refractivity contribution is -0.118. The molecule has 1 aromatic heterocycles. The van der Waals surface area contributed by atoms with Gasteiger partial charge in [0.25, 0.3) is 5.91 Å². The van der Waals surface area contributed by atoms with Crippen LogP contribution < -0.4 is 15.4 Å². The Morgan fingerprint density at radius 1 is 1.00 bits per heavy atom. The van der Waals surface area contributed by atoms with Gasteiger partial charge in [-0.3, -0.25) is 14.7 Å². The lowest BCUT2D eigenvalue weighted by Crippen LogP contribution is -2.45. The number of amides is 2. The van der Waals surface area contributed by atoms with Crippen LogP contribution in [0.25, 0.3) is 0 Å². The SMILES string of the molecule is CC(C)(C)NS(=O)(=O)c1ccc(NC(=O)[C@H](Cc2ccccc2)NC(=O)c2ccn[nH]2)cc1. The first-order chi connectivity index (χ1) is 15.5. The highest BCUT2D eigenvalue weighted by molar-refractivity contribution is 7.89. The van der Waals surface area contributed by atoms with Crippen molar-refractivity contribution in [2.75, 3.05) is 5.32 Å². The number of rotatable bonds is 8. The molecule has 9 nitrogen and oxygen atoms in total. The second-order valence-electron chi connectivity index (χ2n) is 8.56. The summed E-state index contributed by atoms with van der Waals surface area (Å²) in [6.45, 7) is 5.26. The van der Waals surface area contributed by atoms with Crippen molar-refractivity contribution in [1.82, 2.24) is 20.2 Å². The number of aromatic nitrogens is 2. The van der Waals surface area contributed by atoms with Gasteiger partial charge >= 0.3 is 0 Å². The lowest BCUT2D eigenvalue weighted by atomic mass is 10.0. The van der Waals surface area contributed by atoms with Crippen LogP contribution in [0, 0.1) is 0 Å². The van der Waals surface area contributed by atoms with Gasteiger partial charge in [0, 0.05) is 23.8 Å². The number of H-pyrrole nitrogens is 1. The molecule has 0 saturated heterocycles. The number of sulfonamides is 1. The molecule has 0 unspecified atom stereocenters. The summed E-state index contributed by atoms with van der Waals surface area (Å²) in [7, 11) is -3.69. The fraction of sp³-hybridized carbons (Fsp3) is 0.261. The highest BCUT2D eigenvalue weighted by Gasteiger charge is 2.24. The van der Waals surface area contributed by atoms with Crippen LogP contribution in [0.2, 0.25) is 0 Å². The van der Waals surface area contributed by atoms with E-state index in [0.717, 1.165) is 5.56 Å². The van der Waals surface area contributed by atoms with Crippen LogP contribution in [0.5, 0.6) is 0 Å². The topological polar surface area (TPSA) is 133 Å². The Labute approximate surface area is 193 Å². The van der Waals surface area contributed by atoms with Crippen molar-refractivity contribution in [2.45, 2.75) is 43.7 Å². The van der Waals surface area contributed by atoms with Gasteiger partial charge in [0.05, 0.1) is 4.90 Å². The van der Waals surface area contributed by atoms with E-state index in [1.165, 1.54) is 36.5 Å². The van der Waals surface area contributed by atoms with E-state index in [9.17, 15) is 18.0 Å². The number of carbonyl (C=O) groups is 2. The summed E-state index contributed by atoms with van der Waals surface area (Å²) in [4.78, 5) is 25.6. The molecule has 33 heavy (non-hydrogen) atoms. The predicted octanol–water partition coefficient (Wildman–Crippen LogP) is 2.47. The van der Waals surface area contributed by atoms with E-state index in [2.05, 4.69) is 25.6 Å². The summed E-state index contributed by atoms with van der Waals surface area (Å²) < 4.78 is 27.5. The number of aromatic amines is 1. The maximum atomic E-state index is 13.0. The Hall–Kier alpha value is -3.50. The molecule has 10 heteroatoms. The second kappa shape index (κ2) is 9.97. The summed E-state index contributed by atoms with van der Waals surface area (Å²) in [6.07, 6.45) is 1.72. The fourth-order valence-electron chi connectivity index (χ4n) is 3.09. The molecule has 1 atom stereocenters. The summed E-state index contributed by atoms with van der Waals surface area (Å²) in [5.41, 5.74) is 0.894. The van der Waals surface area contributed by atoms with Gasteiger partial charge < -0.3 is 10.6 Å². The number of nitrogens with zero attached hydrogens (tertiary/aromatic N) is 1. The molecule has 1 heterocycles. The van der Waals surface area contributed by atoms with Gasteiger partial charge in [0.1, 0.15) is 11.7 Å². The van der Waals surface area contributed by atoms with Crippen LogP contribution >= 0.6 is 0 Å². The van der Waals surface area contributed by atoms with Crippen LogP contribution in [0.4, 0.5) is 5.69 Å². The third-order valence-electron chi connectivity index (χ3n) is 4.52. The van der Waals surface area contributed by atoms with Gasteiger partial charge in [-0.15, -0.1) is 0 Å². The van der Waals surface area contributed by atoms with Crippen molar-refractivity contribution in [3.63, 3.8) is 0 Å². The van der Waals surface area contributed by atoms with Crippen molar-refractivity contribution in [3.8, 4) is 0 Å². The Balaban J connectivity index is 1.75. The molecule has 174 valence electrons. The Morgan fingerprint density at radius 2 is 1.67 bits per heavy atom. The van der Waals surface area contributed by atoms with E-state index < -0.39 is 33.4 Å². The average molecular weight is 470 g/mol. The largest absolute Gasteiger partial charge is 0.339 e. The monoisotopic (exact) mass is 469 g/mol. The second-order valence-corrected chi connectivity index (χ2v) is 10.2. The lowest BCUT2D eigenvalue weighted by Gasteiger charge is -2.21. The van der Waals surface area contributed by atoms with Crippen molar-refractivity contribution >= 4 is 27.5 Å². The molecule has 4 N–H and O–H groups in total. The van der Waals surface area contributed by atoms with Crippen molar-refractivity contribution < 1.29 is 18.0 Å². The van der Waals surface area contributed by atoms with Crippen LogP contribution in [0.15, 0.2) is 71.8 Å². The molecule has 3 rings (SSSR count). The number of nitrogens with one attached hydrogen (secondary N) is 4. The molecule has 0 aliphatic heterocycles. The summed E-state index contributed by atoms with van der Waals surface area (Å²) >= 11 is 0. The Bertz CT molecular complexity index is 1190. The molecule has 3 aromatic rings. The minimum Gasteiger partial charge on any atom is -0.339 e. The van der Waals surface area contributed by atoms with Crippen LogP contribution in [-0.2, 0) is 21.2 Å². The molecular formula is C23H27N5O4S. The average Bonchev–Trinajstić information content (AvgIpc) is 3.28. The van der Waals surface area contributed by atoms with Gasteiger partial charge in [0.15, 0.2) is 0 Å². The maximum absolute atomic E-state index is 13.0. The molecule has 0 bridgehead atoms. The van der Waals surface area contributed by atoms with E-state index in [1.807, 2.05) is 30.3 Å². The predicted molar refractivity (Wildman–Crippen MR) is 125 cm³/mol. The molecule has 0 fully saturated rings. The molecule has 0 aliphatic rings. The Kier molecular flexibility index (Phi) is 7.29. The van der Waals surface area contributed by atoms with E-state index >= 15 is 0 Å². The summed E-state index contributed by atoms with van der Waals surface area (Å²) in [5.74, 6) is -0.895. The number of anilines is 1.